The number of carbonyl (C=O) groups excluding carboxylic acids is 1. The van der Waals surface area contributed by atoms with E-state index in [-0.39, 0.29) is 11.9 Å². The Bertz CT molecular complexity index is 833. The van der Waals surface area contributed by atoms with Crippen molar-refractivity contribution in [1.82, 2.24) is 15.1 Å². The van der Waals surface area contributed by atoms with E-state index >= 15 is 0 Å². The third-order valence-corrected chi connectivity index (χ3v) is 6.08. The number of nitrogens with zero attached hydrogens (tertiary/aromatic N) is 2. The molecule has 1 saturated heterocycles. The van der Waals surface area contributed by atoms with Crippen LogP contribution in [0, 0.1) is 0 Å². The van der Waals surface area contributed by atoms with Crippen LogP contribution in [0.4, 0.5) is 0 Å². The van der Waals surface area contributed by atoms with E-state index in [9.17, 15) is 4.79 Å². The van der Waals surface area contributed by atoms with Crippen LogP contribution in [0.1, 0.15) is 55.2 Å². The Kier molecular flexibility index (Phi) is 7.51. The number of rotatable bonds is 7. The predicted octanol–water partition coefficient (Wildman–Crippen LogP) is 3.95. The summed E-state index contributed by atoms with van der Waals surface area (Å²) in [7, 11) is 1.71. The summed E-state index contributed by atoms with van der Waals surface area (Å²) < 4.78 is 5.50. The zero-order chi connectivity index (χ0) is 21.7. The summed E-state index contributed by atoms with van der Waals surface area (Å²) in [6.45, 7) is 11.9. The summed E-state index contributed by atoms with van der Waals surface area (Å²) in [6.07, 6.45) is 0. The molecular weight excluding hydrogens is 374 g/mol. The molecule has 0 saturated carbocycles. The molecular formula is C25H35N3O2. The lowest BCUT2D eigenvalue weighted by Gasteiger charge is -2.43. The van der Waals surface area contributed by atoms with E-state index < -0.39 is 0 Å². The molecule has 1 N–H and O–H groups in total. The number of carbonyl (C=O) groups is 1. The molecule has 1 aliphatic rings. The van der Waals surface area contributed by atoms with Crippen molar-refractivity contribution in [1.29, 1.82) is 0 Å². The van der Waals surface area contributed by atoms with Gasteiger partial charge in [0, 0.05) is 43.8 Å². The van der Waals surface area contributed by atoms with Crippen molar-refractivity contribution >= 4 is 5.91 Å². The fourth-order valence-corrected chi connectivity index (χ4v) is 4.30. The highest BCUT2D eigenvalue weighted by atomic mass is 16.5. The predicted molar refractivity (Wildman–Crippen MR) is 122 cm³/mol. The molecule has 1 amide bonds. The molecule has 2 aromatic carbocycles. The van der Waals surface area contributed by atoms with Crippen molar-refractivity contribution in [3.05, 3.63) is 65.2 Å². The van der Waals surface area contributed by atoms with E-state index in [4.69, 9.17) is 4.74 Å². The number of ether oxygens (including phenoxy) is 1. The summed E-state index contributed by atoms with van der Waals surface area (Å²) in [4.78, 5) is 17.1. The first-order chi connectivity index (χ1) is 14.5. The molecule has 1 heterocycles. The molecule has 0 aliphatic carbocycles. The highest BCUT2D eigenvalue weighted by Gasteiger charge is 2.31. The molecule has 162 valence electrons. The molecule has 0 radical (unpaired) electrons. The first kappa shape index (κ1) is 22.3. The van der Waals surface area contributed by atoms with Gasteiger partial charge >= 0.3 is 0 Å². The Morgan fingerprint density at radius 2 is 1.83 bits per heavy atom. The third-order valence-electron chi connectivity index (χ3n) is 6.08. The van der Waals surface area contributed by atoms with Gasteiger partial charge in [-0.3, -0.25) is 9.69 Å². The van der Waals surface area contributed by atoms with Crippen LogP contribution in [-0.2, 0) is 0 Å². The van der Waals surface area contributed by atoms with Crippen LogP contribution < -0.4 is 10.1 Å². The zero-order valence-corrected chi connectivity index (χ0v) is 18.9. The summed E-state index contributed by atoms with van der Waals surface area (Å²) in [6, 6.07) is 17.4. The van der Waals surface area contributed by atoms with E-state index in [1.165, 1.54) is 11.1 Å². The third kappa shape index (κ3) is 4.85. The van der Waals surface area contributed by atoms with Gasteiger partial charge < -0.3 is 15.0 Å². The Hall–Kier alpha value is -2.37. The van der Waals surface area contributed by atoms with E-state index in [1.807, 2.05) is 36.9 Å². The number of methoxy groups -OCH3 is 1. The first-order valence-corrected chi connectivity index (χ1v) is 11.0. The van der Waals surface area contributed by atoms with Gasteiger partial charge in [-0.05, 0) is 63.1 Å². The second kappa shape index (κ2) is 10.1. The van der Waals surface area contributed by atoms with Crippen LogP contribution in [0.25, 0.3) is 0 Å². The van der Waals surface area contributed by atoms with Crippen molar-refractivity contribution < 1.29 is 9.53 Å². The quantitative estimate of drug-likeness (QED) is 0.752. The van der Waals surface area contributed by atoms with Gasteiger partial charge in [0.25, 0.3) is 5.91 Å². The largest absolute Gasteiger partial charge is 0.497 e. The summed E-state index contributed by atoms with van der Waals surface area (Å²) in [5.74, 6) is 0.954. The molecule has 1 aliphatic heterocycles. The Morgan fingerprint density at radius 1 is 1.13 bits per heavy atom. The number of nitrogens with one attached hydrogen (secondary N) is 1. The number of hydrogen-bond donors (Lipinski definition) is 1. The Labute approximate surface area is 181 Å². The van der Waals surface area contributed by atoms with Gasteiger partial charge in [0.2, 0.25) is 0 Å². The fraction of sp³-hybridized carbons (Fsp3) is 0.480. The maximum Gasteiger partial charge on any atom is 0.253 e. The summed E-state index contributed by atoms with van der Waals surface area (Å²) >= 11 is 0. The van der Waals surface area contributed by atoms with Gasteiger partial charge in [-0.15, -0.1) is 0 Å². The molecule has 0 aromatic heterocycles. The van der Waals surface area contributed by atoms with Crippen LogP contribution in [0.3, 0.4) is 0 Å². The van der Waals surface area contributed by atoms with Crippen LogP contribution in [0.15, 0.2) is 48.5 Å². The van der Waals surface area contributed by atoms with Gasteiger partial charge in [0.05, 0.1) is 13.2 Å². The second-order valence-electron chi connectivity index (χ2n) is 8.13. The maximum absolute atomic E-state index is 12.7. The molecule has 3 atom stereocenters. The van der Waals surface area contributed by atoms with E-state index in [0.717, 1.165) is 37.5 Å². The topological polar surface area (TPSA) is 44.8 Å². The average Bonchev–Trinajstić information content (AvgIpc) is 2.77. The number of hydrogen-bond acceptors (Lipinski definition) is 4. The van der Waals surface area contributed by atoms with Crippen LogP contribution in [0.2, 0.25) is 0 Å². The molecule has 0 bridgehead atoms. The van der Waals surface area contributed by atoms with Crippen molar-refractivity contribution in [3.8, 4) is 5.75 Å². The van der Waals surface area contributed by atoms with Gasteiger partial charge in [0.1, 0.15) is 5.75 Å². The minimum absolute atomic E-state index is 0.0913. The normalized spacial score (nSPS) is 20.6. The van der Waals surface area contributed by atoms with Gasteiger partial charge in [-0.2, -0.15) is 0 Å². The lowest BCUT2D eigenvalue weighted by atomic mass is 9.93. The van der Waals surface area contributed by atoms with Crippen LogP contribution in [0.5, 0.6) is 5.75 Å². The Morgan fingerprint density at radius 3 is 2.47 bits per heavy atom. The fourth-order valence-electron chi connectivity index (χ4n) is 4.30. The first-order valence-electron chi connectivity index (χ1n) is 11.0. The monoisotopic (exact) mass is 409 g/mol. The van der Waals surface area contributed by atoms with Crippen molar-refractivity contribution in [3.63, 3.8) is 0 Å². The lowest BCUT2D eigenvalue weighted by molar-refractivity contribution is 0.0773. The van der Waals surface area contributed by atoms with E-state index in [1.54, 1.807) is 7.11 Å². The van der Waals surface area contributed by atoms with Crippen molar-refractivity contribution in [2.24, 2.45) is 0 Å². The molecule has 5 heteroatoms. The number of piperazine rings is 1. The summed E-state index contributed by atoms with van der Waals surface area (Å²) in [5, 5.41) is 3.57. The maximum atomic E-state index is 12.7. The second-order valence-corrected chi connectivity index (χ2v) is 8.13. The standard InChI is InChI=1S/C25H35N3O2/c1-6-27(7-2)25(29)21-13-11-20(12-14-21)24(22-9-8-10-23(15-22)30-5)28-17-18(3)26-16-19(28)4/h8-15,18-19,24,26H,6-7,16-17H2,1-5H3. The summed E-state index contributed by atoms with van der Waals surface area (Å²) in [5.41, 5.74) is 3.15. The van der Waals surface area contributed by atoms with Gasteiger partial charge in [-0.25, -0.2) is 0 Å². The van der Waals surface area contributed by atoms with Gasteiger partial charge in [-0.1, -0.05) is 24.3 Å². The number of benzene rings is 2. The Balaban J connectivity index is 1.98. The molecule has 2 aromatic rings. The molecule has 3 unspecified atom stereocenters. The van der Waals surface area contributed by atoms with Gasteiger partial charge in [0.15, 0.2) is 0 Å². The minimum Gasteiger partial charge on any atom is -0.497 e. The molecule has 1 fully saturated rings. The smallest absolute Gasteiger partial charge is 0.253 e. The van der Waals surface area contributed by atoms with Crippen molar-refractivity contribution in [2.45, 2.75) is 45.8 Å². The highest BCUT2D eigenvalue weighted by Crippen LogP contribution is 2.33. The zero-order valence-electron chi connectivity index (χ0n) is 18.9. The average molecular weight is 410 g/mol. The molecule has 30 heavy (non-hydrogen) atoms. The number of amides is 1. The van der Waals surface area contributed by atoms with Crippen LogP contribution >= 0.6 is 0 Å². The SMILES string of the molecule is CCN(CC)C(=O)c1ccc(C(c2cccc(OC)c2)N2CC(C)NCC2C)cc1. The van der Waals surface area contributed by atoms with E-state index in [2.05, 4.69) is 54.4 Å². The molecule has 0 spiro atoms. The lowest BCUT2D eigenvalue weighted by Crippen LogP contribution is -2.55. The highest BCUT2D eigenvalue weighted by molar-refractivity contribution is 5.94. The van der Waals surface area contributed by atoms with Crippen LogP contribution in [-0.4, -0.2) is 61.1 Å². The molecule has 3 rings (SSSR count). The van der Waals surface area contributed by atoms with Crippen molar-refractivity contribution in [2.75, 3.05) is 33.3 Å². The molecule has 5 nitrogen and oxygen atoms in total. The minimum atomic E-state index is 0.0913. The van der Waals surface area contributed by atoms with E-state index in [0.29, 0.717) is 12.1 Å².